The van der Waals surface area contributed by atoms with Crippen LogP contribution in [0.5, 0.6) is 0 Å². The van der Waals surface area contributed by atoms with Crippen molar-refractivity contribution in [2.45, 2.75) is 0 Å². The lowest BCUT2D eigenvalue weighted by Gasteiger charge is -2.09. The van der Waals surface area contributed by atoms with Gasteiger partial charge >= 0.3 is 0 Å². The molecule has 0 amide bonds. The van der Waals surface area contributed by atoms with E-state index in [4.69, 9.17) is 0 Å². The van der Waals surface area contributed by atoms with Crippen LogP contribution in [0, 0.1) is 0 Å². The number of pyridine rings is 1. The molecule has 0 saturated heterocycles. The number of rotatable bonds is 2. The Morgan fingerprint density at radius 3 is 2.18 bits per heavy atom. The number of imidazole rings is 1. The van der Waals surface area contributed by atoms with Gasteiger partial charge in [-0.15, -0.1) is 10.2 Å². The van der Waals surface area contributed by atoms with Crippen molar-refractivity contribution in [1.82, 2.24) is 24.7 Å². The van der Waals surface area contributed by atoms with Crippen molar-refractivity contribution in [3.63, 3.8) is 0 Å². The average molecular weight is 287 g/mol. The van der Waals surface area contributed by atoms with Crippen LogP contribution in [0.3, 0.4) is 0 Å². The van der Waals surface area contributed by atoms with Crippen molar-refractivity contribution in [2.24, 2.45) is 7.05 Å². The number of benzene rings is 1. The molecule has 0 fully saturated rings. The highest BCUT2D eigenvalue weighted by molar-refractivity contribution is 6.00. The number of fused-ring (bicyclic) bond motifs is 1. The Bertz CT molecular complexity index is 944. The molecular formula is C17H13N5. The largest absolute Gasteiger partial charge is 0.333 e. The van der Waals surface area contributed by atoms with Gasteiger partial charge in [0.25, 0.3) is 0 Å². The van der Waals surface area contributed by atoms with Crippen LogP contribution in [0.15, 0.2) is 61.2 Å². The zero-order chi connectivity index (χ0) is 14.9. The van der Waals surface area contributed by atoms with Gasteiger partial charge in [0.05, 0.1) is 0 Å². The molecule has 0 bridgehead atoms. The van der Waals surface area contributed by atoms with E-state index in [1.54, 1.807) is 18.6 Å². The van der Waals surface area contributed by atoms with Gasteiger partial charge in [0, 0.05) is 48.2 Å². The Hall–Kier alpha value is -3.08. The Balaban J connectivity index is 2.03. The summed E-state index contributed by atoms with van der Waals surface area (Å²) in [6.07, 6.45) is 7.20. The van der Waals surface area contributed by atoms with Crippen molar-refractivity contribution in [3.8, 4) is 22.8 Å². The van der Waals surface area contributed by atoms with Crippen LogP contribution in [0.25, 0.3) is 33.5 Å². The van der Waals surface area contributed by atoms with Gasteiger partial charge in [-0.2, -0.15) is 0 Å². The fourth-order valence-corrected chi connectivity index (χ4v) is 2.59. The highest BCUT2D eigenvalue weighted by Gasteiger charge is 2.14. The molecule has 5 nitrogen and oxygen atoms in total. The third-order valence-corrected chi connectivity index (χ3v) is 3.67. The summed E-state index contributed by atoms with van der Waals surface area (Å²) in [6.45, 7) is 0. The monoisotopic (exact) mass is 287 g/mol. The Labute approximate surface area is 127 Å². The molecule has 1 aromatic carbocycles. The molecule has 0 unspecified atom stereocenters. The molecule has 106 valence electrons. The van der Waals surface area contributed by atoms with Crippen molar-refractivity contribution >= 4 is 10.8 Å². The Kier molecular flexibility index (Phi) is 2.89. The topological polar surface area (TPSA) is 56.5 Å². The van der Waals surface area contributed by atoms with Gasteiger partial charge in [-0.3, -0.25) is 4.98 Å². The maximum atomic E-state index is 4.44. The normalized spacial score (nSPS) is 11.0. The zero-order valence-corrected chi connectivity index (χ0v) is 12.0. The van der Waals surface area contributed by atoms with Crippen LogP contribution in [0.4, 0.5) is 0 Å². The maximum absolute atomic E-state index is 4.44. The van der Waals surface area contributed by atoms with E-state index in [-0.39, 0.29) is 0 Å². The van der Waals surface area contributed by atoms with Gasteiger partial charge in [0.2, 0.25) is 0 Å². The molecule has 3 aromatic heterocycles. The second-order valence-electron chi connectivity index (χ2n) is 5.04. The molecule has 0 atom stereocenters. The number of hydrogen-bond donors (Lipinski definition) is 0. The van der Waals surface area contributed by atoms with Gasteiger partial charge in [0.1, 0.15) is 11.4 Å². The molecule has 22 heavy (non-hydrogen) atoms. The SMILES string of the molecule is Cn1ccnc1-c1nnc(-c2ccncc2)c2ccccc12. The summed E-state index contributed by atoms with van der Waals surface area (Å²) in [5.41, 5.74) is 2.65. The lowest BCUT2D eigenvalue weighted by Crippen LogP contribution is -1.99. The van der Waals surface area contributed by atoms with Gasteiger partial charge in [0.15, 0.2) is 5.82 Å². The summed E-state index contributed by atoms with van der Waals surface area (Å²) < 4.78 is 1.95. The van der Waals surface area contributed by atoms with Gasteiger partial charge in [-0.05, 0) is 12.1 Å². The first-order valence-corrected chi connectivity index (χ1v) is 6.98. The summed E-state index contributed by atoms with van der Waals surface area (Å²) in [5.74, 6) is 0.810. The summed E-state index contributed by atoms with van der Waals surface area (Å²) in [7, 11) is 1.95. The smallest absolute Gasteiger partial charge is 0.160 e. The summed E-state index contributed by atoms with van der Waals surface area (Å²) in [6, 6.07) is 12.0. The number of aromatic nitrogens is 5. The van der Waals surface area contributed by atoms with E-state index in [9.17, 15) is 0 Å². The molecule has 4 aromatic rings. The zero-order valence-electron chi connectivity index (χ0n) is 12.0. The minimum Gasteiger partial charge on any atom is -0.333 e. The van der Waals surface area contributed by atoms with Crippen LogP contribution in [0.1, 0.15) is 0 Å². The van der Waals surface area contributed by atoms with Crippen molar-refractivity contribution in [1.29, 1.82) is 0 Å². The molecule has 0 N–H and O–H groups in total. The van der Waals surface area contributed by atoms with Crippen LogP contribution in [-0.2, 0) is 7.05 Å². The van der Waals surface area contributed by atoms with Crippen molar-refractivity contribution in [3.05, 3.63) is 61.2 Å². The molecule has 5 heteroatoms. The van der Waals surface area contributed by atoms with Crippen molar-refractivity contribution in [2.75, 3.05) is 0 Å². The average Bonchev–Trinajstić information content (AvgIpc) is 3.00. The predicted molar refractivity (Wildman–Crippen MR) is 85.0 cm³/mol. The first-order chi connectivity index (χ1) is 10.8. The van der Waals surface area contributed by atoms with Gasteiger partial charge in [-0.1, -0.05) is 24.3 Å². The summed E-state index contributed by atoms with van der Waals surface area (Å²) in [5, 5.41) is 11.0. The second kappa shape index (κ2) is 5.04. The highest BCUT2D eigenvalue weighted by Crippen LogP contribution is 2.30. The molecule has 0 spiro atoms. The quantitative estimate of drug-likeness (QED) is 0.568. The molecule has 0 aliphatic carbocycles. The van der Waals surface area contributed by atoms with Crippen LogP contribution in [-0.4, -0.2) is 24.7 Å². The van der Waals surface area contributed by atoms with E-state index in [1.165, 1.54) is 0 Å². The first kappa shape index (κ1) is 12.6. The van der Waals surface area contributed by atoms with E-state index in [2.05, 4.69) is 32.3 Å². The van der Waals surface area contributed by atoms with E-state index in [1.807, 2.05) is 42.1 Å². The minimum absolute atomic E-state index is 0.793. The number of hydrogen-bond acceptors (Lipinski definition) is 4. The molecule has 0 saturated carbocycles. The number of aryl methyl sites for hydroxylation is 1. The second-order valence-corrected chi connectivity index (χ2v) is 5.04. The fraction of sp³-hybridized carbons (Fsp3) is 0.0588. The fourth-order valence-electron chi connectivity index (χ4n) is 2.59. The van der Waals surface area contributed by atoms with Crippen molar-refractivity contribution < 1.29 is 0 Å². The molecule has 0 radical (unpaired) electrons. The third kappa shape index (κ3) is 1.95. The lowest BCUT2D eigenvalue weighted by atomic mass is 10.0. The van der Waals surface area contributed by atoms with E-state index >= 15 is 0 Å². The molecule has 0 aliphatic rings. The van der Waals surface area contributed by atoms with Gasteiger partial charge < -0.3 is 4.57 Å². The minimum atomic E-state index is 0.793. The first-order valence-electron chi connectivity index (χ1n) is 6.98. The molecular weight excluding hydrogens is 274 g/mol. The number of nitrogens with zero attached hydrogens (tertiary/aromatic N) is 5. The van der Waals surface area contributed by atoms with Crippen LogP contribution in [0.2, 0.25) is 0 Å². The molecule has 3 heterocycles. The highest BCUT2D eigenvalue weighted by atomic mass is 15.1. The predicted octanol–water partition coefficient (Wildman–Crippen LogP) is 3.09. The van der Waals surface area contributed by atoms with Gasteiger partial charge in [-0.25, -0.2) is 4.98 Å². The summed E-state index contributed by atoms with van der Waals surface area (Å²) >= 11 is 0. The third-order valence-electron chi connectivity index (χ3n) is 3.67. The lowest BCUT2D eigenvalue weighted by molar-refractivity contribution is 0.909. The molecule has 4 rings (SSSR count). The molecule has 0 aliphatic heterocycles. The van der Waals surface area contributed by atoms with Crippen LogP contribution < -0.4 is 0 Å². The Morgan fingerprint density at radius 2 is 1.50 bits per heavy atom. The maximum Gasteiger partial charge on any atom is 0.160 e. The van der Waals surface area contributed by atoms with Crippen LogP contribution >= 0.6 is 0 Å². The standard InChI is InChI=1S/C17H13N5/c1-22-11-10-19-17(22)16-14-5-3-2-4-13(14)15(20-21-16)12-6-8-18-9-7-12/h2-11H,1H3. The van der Waals surface area contributed by atoms with E-state index < -0.39 is 0 Å². The summed E-state index contributed by atoms with van der Waals surface area (Å²) in [4.78, 5) is 8.45. The van der Waals surface area contributed by atoms with E-state index in [0.29, 0.717) is 0 Å². The van der Waals surface area contributed by atoms with E-state index in [0.717, 1.165) is 33.5 Å². The Morgan fingerprint density at radius 1 is 0.818 bits per heavy atom.